The molecule has 0 aliphatic carbocycles. The number of aliphatic hydroxyl groups excluding tert-OH is 1. The van der Waals surface area contributed by atoms with Crippen LogP contribution < -0.4 is 10.6 Å². The third-order valence-electron chi connectivity index (χ3n) is 3.78. The Morgan fingerprint density at radius 3 is 2.50 bits per heavy atom. The molecular formula is C18H22N2O2. The summed E-state index contributed by atoms with van der Waals surface area (Å²) in [5.74, 6) is 0. The Morgan fingerprint density at radius 1 is 1.09 bits per heavy atom. The summed E-state index contributed by atoms with van der Waals surface area (Å²) in [6.45, 7) is 4.01. The summed E-state index contributed by atoms with van der Waals surface area (Å²) in [6.07, 6.45) is 0.476. The van der Waals surface area contributed by atoms with Gasteiger partial charge in [-0.05, 0) is 43.0 Å². The average Bonchev–Trinajstić information content (AvgIpc) is 2.52. The van der Waals surface area contributed by atoms with Crippen LogP contribution >= 0.6 is 0 Å². The molecule has 4 nitrogen and oxygen atoms in total. The van der Waals surface area contributed by atoms with Crippen LogP contribution in [0, 0.1) is 13.8 Å². The molecule has 0 aliphatic rings. The number of amides is 2. The van der Waals surface area contributed by atoms with E-state index < -0.39 is 0 Å². The standard InChI is InChI=1S/C18H22N2O2/c1-13-7-6-10-16(14(13)2)19-18(22)20-17(11-12-21)15-8-4-3-5-9-15/h3-10,17,21H,11-12H2,1-2H3,(H2,19,20,22)/t17-/m1/s1. The van der Waals surface area contributed by atoms with Gasteiger partial charge in [-0.1, -0.05) is 42.5 Å². The molecule has 0 heterocycles. The van der Waals surface area contributed by atoms with Crippen molar-refractivity contribution in [3.05, 3.63) is 65.2 Å². The highest BCUT2D eigenvalue weighted by Crippen LogP contribution is 2.19. The van der Waals surface area contributed by atoms with E-state index in [-0.39, 0.29) is 18.7 Å². The van der Waals surface area contributed by atoms with E-state index in [2.05, 4.69) is 10.6 Å². The molecule has 2 amide bonds. The van der Waals surface area contributed by atoms with E-state index >= 15 is 0 Å². The SMILES string of the molecule is Cc1cccc(NC(=O)N[C@H](CCO)c2ccccc2)c1C. The molecule has 0 aliphatic heterocycles. The van der Waals surface area contributed by atoms with Crippen molar-refractivity contribution in [2.75, 3.05) is 11.9 Å². The van der Waals surface area contributed by atoms with Crippen molar-refractivity contribution >= 4 is 11.7 Å². The summed E-state index contributed by atoms with van der Waals surface area (Å²) in [7, 11) is 0. The molecule has 4 heteroatoms. The van der Waals surface area contributed by atoms with Crippen molar-refractivity contribution < 1.29 is 9.90 Å². The van der Waals surface area contributed by atoms with Gasteiger partial charge < -0.3 is 15.7 Å². The van der Waals surface area contributed by atoms with Gasteiger partial charge in [0.2, 0.25) is 0 Å². The van der Waals surface area contributed by atoms with Crippen molar-refractivity contribution in [1.29, 1.82) is 0 Å². The summed E-state index contributed by atoms with van der Waals surface area (Å²) in [5.41, 5.74) is 3.96. The molecule has 0 aromatic heterocycles. The highest BCUT2D eigenvalue weighted by molar-refractivity contribution is 5.90. The number of rotatable bonds is 5. The van der Waals surface area contributed by atoms with Gasteiger partial charge >= 0.3 is 6.03 Å². The number of benzene rings is 2. The lowest BCUT2D eigenvalue weighted by atomic mass is 10.0. The largest absolute Gasteiger partial charge is 0.396 e. The fraction of sp³-hybridized carbons (Fsp3) is 0.278. The summed E-state index contributed by atoms with van der Waals surface area (Å²) >= 11 is 0. The molecule has 0 unspecified atom stereocenters. The average molecular weight is 298 g/mol. The fourth-order valence-electron chi connectivity index (χ4n) is 2.34. The highest BCUT2D eigenvalue weighted by atomic mass is 16.3. The number of hydrogen-bond donors (Lipinski definition) is 3. The van der Waals surface area contributed by atoms with Gasteiger partial charge in [-0.3, -0.25) is 0 Å². The first kappa shape index (κ1) is 16.0. The molecule has 0 saturated heterocycles. The summed E-state index contributed by atoms with van der Waals surface area (Å²) < 4.78 is 0. The number of carbonyl (C=O) groups is 1. The second kappa shape index (κ2) is 7.61. The van der Waals surface area contributed by atoms with E-state index in [0.717, 1.165) is 22.4 Å². The van der Waals surface area contributed by atoms with E-state index in [1.54, 1.807) is 0 Å². The Balaban J connectivity index is 2.07. The van der Waals surface area contributed by atoms with Crippen molar-refractivity contribution in [1.82, 2.24) is 5.32 Å². The van der Waals surface area contributed by atoms with Gasteiger partial charge in [0.1, 0.15) is 0 Å². The van der Waals surface area contributed by atoms with Gasteiger partial charge in [0.25, 0.3) is 0 Å². The van der Waals surface area contributed by atoms with Gasteiger partial charge in [0, 0.05) is 12.3 Å². The van der Waals surface area contributed by atoms with Crippen LogP contribution in [0.4, 0.5) is 10.5 Å². The molecule has 0 fully saturated rings. The zero-order valence-corrected chi connectivity index (χ0v) is 13.0. The molecule has 22 heavy (non-hydrogen) atoms. The molecular weight excluding hydrogens is 276 g/mol. The number of aryl methyl sites for hydroxylation is 1. The van der Waals surface area contributed by atoms with Crippen molar-refractivity contribution in [2.24, 2.45) is 0 Å². The molecule has 2 aromatic carbocycles. The smallest absolute Gasteiger partial charge is 0.319 e. The van der Waals surface area contributed by atoms with E-state index in [1.165, 1.54) is 0 Å². The minimum absolute atomic E-state index is 0.0172. The number of carbonyl (C=O) groups excluding carboxylic acids is 1. The van der Waals surface area contributed by atoms with Gasteiger partial charge in [0.15, 0.2) is 0 Å². The molecule has 0 spiro atoms. The lowest BCUT2D eigenvalue weighted by Crippen LogP contribution is -2.33. The van der Waals surface area contributed by atoms with Crippen LogP contribution in [0.3, 0.4) is 0 Å². The van der Waals surface area contributed by atoms with E-state index in [0.29, 0.717) is 6.42 Å². The quantitative estimate of drug-likeness (QED) is 0.790. The second-order valence-electron chi connectivity index (χ2n) is 5.32. The van der Waals surface area contributed by atoms with Crippen LogP contribution in [-0.2, 0) is 0 Å². The number of hydrogen-bond acceptors (Lipinski definition) is 2. The number of nitrogens with one attached hydrogen (secondary N) is 2. The molecule has 0 saturated carbocycles. The maximum atomic E-state index is 12.2. The maximum Gasteiger partial charge on any atom is 0.319 e. The molecule has 1 atom stereocenters. The van der Waals surface area contributed by atoms with E-state index in [9.17, 15) is 9.90 Å². The fourth-order valence-corrected chi connectivity index (χ4v) is 2.34. The summed E-state index contributed by atoms with van der Waals surface area (Å²) in [6, 6.07) is 15.0. The minimum Gasteiger partial charge on any atom is -0.396 e. The molecule has 0 bridgehead atoms. The number of urea groups is 1. The number of aliphatic hydroxyl groups is 1. The summed E-state index contributed by atoms with van der Waals surface area (Å²) in [4.78, 5) is 12.2. The predicted molar refractivity (Wildman–Crippen MR) is 89.0 cm³/mol. The molecule has 0 radical (unpaired) electrons. The topological polar surface area (TPSA) is 61.4 Å². The summed E-state index contributed by atoms with van der Waals surface area (Å²) in [5, 5.41) is 15.0. The Labute approximate surface area is 131 Å². The van der Waals surface area contributed by atoms with E-state index in [4.69, 9.17) is 0 Å². The van der Waals surface area contributed by atoms with Crippen LogP contribution in [0.2, 0.25) is 0 Å². The van der Waals surface area contributed by atoms with Crippen LogP contribution in [-0.4, -0.2) is 17.7 Å². The van der Waals surface area contributed by atoms with E-state index in [1.807, 2.05) is 62.4 Å². The Kier molecular flexibility index (Phi) is 5.55. The second-order valence-corrected chi connectivity index (χ2v) is 5.32. The van der Waals surface area contributed by atoms with Crippen LogP contribution in [0.25, 0.3) is 0 Å². The van der Waals surface area contributed by atoms with Crippen LogP contribution in [0.5, 0.6) is 0 Å². The Bertz CT molecular complexity index is 626. The number of anilines is 1. The zero-order chi connectivity index (χ0) is 15.9. The van der Waals surface area contributed by atoms with Crippen LogP contribution in [0.1, 0.15) is 29.2 Å². The zero-order valence-electron chi connectivity index (χ0n) is 13.0. The maximum absolute atomic E-state index is 12.2. The molecule has 2 aromatic rings. The highest BCUT2D eigenvalue weighted by Gasteiger charge is 2.14. The third-order valence-corrected chi connectivity index (χ3v) is 3.78. The first-order valence-corrected chi connectivity index (χ1v) is 7.41. The lowest BCUT2D eigenvalue weighted by molar-refractivity contribution is 0.239. The van der Waals surface area contributed by atoms with Gasteiger partial charge in [-0.2, -0.15) is 0 Å². The van der Waals surface area contributed by atoms with Gasteiger partial charge in [-0.15, -0.1) is 0 Å². The molecule has 2 rings (SSSR count). The normalized spacial score (nSPS) is 11.8. The van der Waals surface area contributed by atoms with Crippen molar-refractivity contribution in [3.8, 4) is 0 Å². The third kappa shape index (κ3) is 4.09. The lowest BCUT2D eigenvalue weighted by Gasteiger charge is -2.19. The van der Waals surface area contributed by atoms with Crippen molar-refractivity contribution in [3.63, 3.8) is 0 Å². The predicted octanol–water partition coefficient (Wildman–Crippen LogP) is 3.55. The Morgan fingerprint density at radius 2 is 1.82 bits per heavy atom. The minimum atomic E-state index is -0.268. The van der Waals surface area contributed by atoms with Crippen LogP contribution in [0.15, 0.2) is 48.5 Å². The Hall–Kier alpha value is -2.33. The first-order chi connectivity index (χ1) is 10.6. The molecule has 3 N–H and O–H groups in total. The monoisotopic (exact) mass is 298 g/mol. The van der Waals surface area contributed by atoms with Crippen molar-refractivity contribution in [2.45, 2.75) is 26.3 Å². The molecule has 116 valence electrons. The van der Waals surface area contributed by atoms with Gasteiger partial charge in [-0.25, -0.2) is 4.79 Å². The first-order valence-electron chi connectivity index (χ1n) is 7.41. The van der Waals surface area contributed by atoms with Gasteiger partial charge in [0.05, 0.1) is 6.04 Å².